The highest BCUT2D eigenvalue weighted by Crippen LogP contribution is 2.22. The van der Waals surface area contributed by atoms with Gasteiger partial charge >= 0.3 is 0 Å². The van der Waals surface area contributed by atoms with E-state index in [4.69, 9.17) is 22.1 Å². The van der Waals surface area contributed by atoms with Gasteiger partial charge in [0, 0.05) is 29.3 Å². The van der Waals surface area contributed by atoms with Crippen LogP contribution in [-0.2, 0) is 16.1 Å². The maximum Gasteiger partial charge on any atom is 0.240 e. The van der Waals surface area contributed by atoms with E-state index < -0.39 is 5.54 Å². The van der Waals surface area contributed by atoms with Gasteiger partial charge in [0.15, 0.2) is 0 Å². The van der Waals surface area contributed by atoms with Gasteiger partial charge in [-0.25, -0.2) is 0 Å². The van der Waals surface area contributed by atoms with Gasteiger partial charge in [-0.1, -0.05) is 33.6 Å². The normalized spacial score (nSPS) is 18.1. The predicted octanol–water partition coefficient (Wildman–Crippen LogP) is 2.23. The minimum absolute atomic E-state index is 0.144. The quantitative estimate of drug-likeness (QED) is 0.881. The van der Waals surface area contributed by atoms with Crippen LogP contribution in [0.2, 0.25) is 5.02 Å². The highest BCUT2D eigenvalue weighted by molar-refractivity contribution is 9.10. The minimum atomic E-state index is -0.819. The van der Waals surface area contributed by atoms with Crippen molar-refractivity contribution in [3.8, 4) is 0 Å². The van der Waals surface area contributed by atoms with Crippen molar-refractivity contribution in [2.24, 2.45) is 5.73 Å². The molecule has 2 rings (SSSR count). The van der Waals surface area contributed by atoms with Crippen LogP contribution in [0.25, 0.3) is 0 Å². The smallest absolute Gasteiger partial charge is 0.240 e. The summed E-state index contributed by atoms with van der Waals surface area (Å²) in [5.74, 6) is -0.144. The molecule has 0 aromatic heterocycles. The summed E-state index contributed by atoms with van der Waals surface area (Å²) in [4.78, 5) is 12.1. The summed E-state index contributed by atoms with van der Waals surface area (Å²) in [7, 11) is 0. The lowest BCUT2D eigenvalue weighted by molar-refractivity contribution is -0.129. The second kappa shape index (κ2) is 6.22. The van der Waals surface area contributed by atoms with Crippen molar-refractivity contribution in [3.63, 3.8) is 0 Å². The Morgan fingerprint density at radius 3 is 2.79 bits per heavy atom. The summed E-state index contributed by atoms with van der Waals surface area (Å²) < 4.78 is 6.13. The van der Waals surface area contributed by atoms with Crippen LogP contribution in [0.5, 0.6) is 0 Å². The number of nitrogens with two attached hydrogens (primary N) is 1. The second-order valence-electron chi connectivity index (χ2n) is 4.69. The van der Waals surface area contributed by atoms with Gasteiger partial charge in [-0.05, 0) is 30.5 Å². The molecule has 0 aliphatic carbocycles. The van der Waals surface area contributed by atoms with Crippen LogP contribution in [0.3, 0.4) is 0 Å². The minimum Gasteiger partial charge on any atom is -0.381 e. The molecule has 1 heterocycles. The van der Waals surface area contributed by atoms with Crippen molar-refractivity contribution in [1.82, 2.24) is 5.32 Å². The van der Waals surface area contributed by atoms with E-state index in [1.165, 1.54) is 0 Å². The van der Waals surface area contributed by atoms with Crippen LogP contribution in [-0.4, -0.2) is 24.7 Å². The standard InChI is InChI=1S/C13H16BrClN2O2/c14-10-2-1-9(11(15)7-10)8-17-12(18)13(16)3-5-19-6-4-13/h1-2,7H,3-6,8,16H2,(H,17,18). The average Bonchev–Trinajstić information content (AvgIpc) is 2.38. The van der Waals surface area contributed by atoms with Crippen molar-refractivity contribution in [1.29, 1.82) is 0 Å². The molecule has 1 aliphatic heterocycles. The molecule has 1 fully saturated rings. The average molecular weight is 348 g/mol. The van der Waals surface area contributed by atoms with Crippen molar-refractivity contribution < 1.29 is 9.53 Å². The van der Waals surface area contributed by atoms with E-state index >= 15 is 0 Å². The molecule has 1 amide bonds. The summed E-state index contributed by atoms with van der Waals surface area (Å²) in [6.45, 7) is 1.44. The first-order chi connectivity index (χ1) is 9.01. The monoisotopic (exact) mass is 346 g/mol. The van der Waals surface area contributed by atoms with Crippen molar-refractivity contribution in [2.45, 2.75) is 24.9 Å². The Kier molecular flexibility index (Phi) is 4.84. The number of amides is 1. The third-order valence-electron chi connectivity index (χ3n) is 3.29. The Morgan fingerprint density at radius 1 is 1.47 bits per heavy atom. The van der Waals surface area contributed by atoms with Gasteiger partial charge in [0.05, 0.1) is 5.54 Å². The van der Waals surface area contributed by atoms with Gasteiger partial charge in [-0.2, -0.15) is 0 Å². The fraction of sp³-hybridized carbons (Fsp3) is 0.462. The Bertz CT molecular complexity index is 476. The molecule has 1 aliphatic rings. The molecule has 0 bridgehead atoms. The highest BCUT2D eigenvalue weighted by atomic mass is 79.9. The highest BCUT2D eigenvalue weighted by Gasteiger charge is 2.35. The topological polar surface area (TPSA) is 64.4 Å². The molecule has 6 heteroatoms. The summed E-state index contributed by atoms with van der Waals surface area (Å²) in [6, 6.07) is 5.57. The number of benzene rings is 1. The number of ether oxygens (including phenoxy) is 1. The van der Waals surface area contributed by atoms with E-state index in [2.05, 4.69) is 21.2 Å². The van der Waals surface area contributed by atoms with Crippen LogP contribution in [0, 0.1) is 0 Å². The fourth-order valence-electron chi connectivity index (χ4n) is 1.98. The molecule has 104 valence electrons. The Morgan fingerprint density at radius 2 is 2.16 bits per heavy atom. The van der Waals surface area contributed by atoms with Gasteiger partial charge < -0.3 is 15.8 Å². The van der Waals surface area contributed by atoms with Crippen LogP contribution in [0.15, 0.2) is 22.7 Å². The molecule has 19 heavy (non-hydrogen) atoms. The van der Waals surface area contributed by atoms with Crippen molar-refractivity contribution >= 4 is 33.4 Å². The number of hydrogen-bond acceptors (Lipinski definition) is 3. The molecule has 1 aromatic rings. The van der Waals surface area contributed by atoms with E-state index in [-0.39, 0.29) is 5.91 Å². The van der Waals surface area contributed by atoms with Crippen molar-refractivity contribution in [3.05, 3.63) is 33.3 Å². The van der Waals surface area contributed by atoms with Crippen LogP contribution in [0.4, 0.5) is 0 Å². The number of halogens is 2. The molecule has 0 spiro atoms. The largest absolute Gasteiger partial charge is 0.381 e. The van der Waals surface area contributed by atoms with Crippen LogP contribution < -0.4 is 11.1 Å². The lowest BCUT2D eigenvalue weighted by atomic mass is 9.90. The third-order valence-corrected chi connectivity index (χ3v) is 4.14. The van der Waals surface area contributed by atoms with E-state index in [0.717, 1.165) is 10.0 Å². The lowest BCUT2D eigenvalue weighted by Crippen LogP contribution is -2.56. The maximum atomic E-state index is 12.1. The third kappa shape index (κ3) is 3.69. The zero-order valence-electron chi connectivity index (χ0n) is 10.4. The summed E-state index contributed by atoms with van der Waals surface area (Å²) in [5, 5.41) is 3.47. The Balaban J connectivity index is 1.96. The van der Waals surface area contributed by atoms with E-state index in [1.807, 2.05) is 12.1 Å². The molecule has 0 unspecified atom stereocenters. The molecule has 0 atom stereocenters. The van der Waals surface area contributed by atoms with Crippen molar-refractivity contribution in [2.75, 3.05) is 13.2 Å². The summed E-state index contributed by atoms with van der Waals surface area (Å²) in [5.41, 5.74) is 6.15. The molecule has 4 nitrogen and oxygen atoms in total. The lowest BCUT2D eigenvalue weighted by Gasteiger charge is -2.31. The summed E-state index contributed by atoms with van der Waals surface area (Å²) >= 11 is 9.44. The molecule has 0 saturated carbocycles. The molecule has 3 N–H and O–H groups in total. The van der Waals surface area contributed by atoms with Crippen LogP contribution in [0.1, 0.15) is 18.4 Å². The predicted molar refractivity (Wildman–Crippen MR) is 78.0 cm³/mol. The first kappa shape index (κ1) is 14.8. The number of rotatable bonds is 3. The second-order valence-corrected chi connectivity index (χ2v) is 6.01. The van der Waals surface area contributed by atoms with E-state index in [0.29, 0.717) is 37.6 Å². The van der Waals surface area contributed by atoms with Gasteiger partial charge in [-0.15, -0.1) is 0 Å². The van der Waals surface area contributed by atoms with Gasteiger partial charge in [-0.3, -0.25) is 4.79 Å². The molecular weight excluding hydrogens is 332 g/mol. The van der Waals surface area contributed by atoms with Gasteiger partial charge in [0.25, 0.3) is 0 Å². The molecule has 1 aromatic carbocycles. The first-order valence-corrected chi connectivity index (χ1v) is 7.27. The van der Waals surface area contributed by atoms with Gasteiger partial charge in [0.2, 0.25) is 5.91 Å². The van der Waals surface area contributed by atoms with Crippen LogP contribution >= 0.6 is 27.5 Å². The number of carbonyl (C=O) groups is 1. The molecule has 0 radical (unpaired) electrons. The van der Waals surface area contributed by atoms with E-state index in [1.54, 1.807) is 6.07 Å². The maximum absolute atomic E-state index is 12.1. The number of carbonyl (C=O) groups excluding carboxylic acids is 1. The number of hydrogen-bond donors (Lipinski definition) is 2. The zero-order chi connectivity index (χ0) is 13.9. The molecular formula is C13H16BrClN2O2. The zero-order valence-corrected chi connectivity index (χ0v) is 12.8. The SMILES string of the molecule is NC1(C(=O)NCc2ccc(Br)cc2Cl)CCOCC1. The van der Waals surface area contributed by atoms with E-state index in [9.17, 15) is 4.79 Å². The Labute approximate surface area is 125 Å². The van der Waals surface area contributed by atoms with Gasteiger partial charge in [0.1, 0.15) is 0 Å². The summed E-state index contributed by atoms with van der Waals surface area (Å²) in [6.07, 6.45) is 1.10. The first-order valence-electron chi connectivity index (χ1n) is 6.10. The Hall–Kier alpha value is -0.620. The number of nitrogens with one attached hydrogen (secondary N) is 1. The molecule has 1 saturated heterocycles. The fourth-order valence-corrected chi connectivity index (χ4v) is 2.72.